The quantitative estimate of drug-likeness (QED) is 0.676. The number of para-hydroxylation sites is 1. The zero-order valence-electron chi connectivity index (χ0n) is 16.4. The third-order valence-electron chi connectivity index (χ3n) is 5.53. The topological polar surface area (TPSA) is 67.2 Å². The molecular formula is C23H24N4O2. The van der Waals surface area contributed by atoms with Crippen molar-refractivity contribution >= 4 is 17.5 Å². The summed E-state index contributed by atoms with van der Waals surface area (Å²) in [5, 5.41) is 7.10. The smallest absolute Gasteiger partial charge is 0.238 e. The fourth-order valence-corrected chi connectivity index (χ4v) is 4.14. The fraction of sp³-hybridized carbons (Fsp3) is 0.261. The number of anilines is 1. The van der Waals surface area contributed by atoms with Crippen molar-refractivity contribution in [3.05, 3.63) is 84.2 Å². The van der Waals surface area contributed by atoms with Gasteiger partial charge in [-0.3, -0.25) is 14.3 Å². The van der Waals surface area contributed by atoms with Gasteiger partial charge in [-0.25, -0.2) is 0 Å². The summed E-state index contributed by atoms with van der Waals surface area (Å²) in [5.41, 5.74) is 1.93. The number of nitrogens with one attached hydrogen (secondary N) is 1. The van der Waals surface area contributed by atoms with E-state index in [4.69, 9.17) is 0 Å². The number of fused-ring (bicyclic) bond motifs is 1. The molecule has 0 saturated heterocycles. The van der Waals surface area contributed by atoms with E-state index in [1.807, 2.05) is 66.9 Å². The van der Waals surface area contributed by atoms with Gasteiger partial charge in [0.2, 0.25) is 11.8 Å². The molecule has 0 aliphatic carbocycles. The second-order valence-corrected chi connectivity index (χ2v) is 7.42. The van der Waals surface area contributed by atoms with Crippen LogP contribution in [0.5, 0.6) is 0 Å². The summed E-state index contributed by atoms with van der Waals surface area (Å²) in [5.74, 6) is -0.170. The minimum atomic E-state index is -0.900. The molecule has 0 radical (unpaired) electrons. The monoisotopic (exact) mass is 388 g/mol. The van der Waals surface area contributed by atoms with Gasteiger partial charge in [0.05, 0.1) is 12.0 Å². The van der Waals surface area contributed by atoms with Crippen molar-refractivity contribution < 1.29 is 9.59 Å². The van der Waals surface area contributed by atoms with Gasteiger partial charge in [-0.15, -0.1) is 0 Å². The lowest BCUT2D eigenvalue weighted by molar-refractivity contribution is -0.129. The van der Waals surface area contributed by atoms with Crippen molar-refractivity contribution in [2.24, 2.45) is 0 Å². The van der Waals surface area contributed by atoms with Gasteiger partial charge < -0.3 is 10.2 Å². The van der Waals surface area contributed by atoms with E-state index in [1.165, 1.54) is 0 Å². The summed E-state index contributed by atoms with van der Waals surface area (Å²) in [6, 6.07) is 19.5. The average Bonchev–Trinajstić information content (AvgIpc) is 3.32. The molecule has 1 aromatic heterocycles. The SMILES string of the molecule is CN1C(=O)[C@](CC(=O)NCCn2cccn2)(Cc2ccccc2)c2ccccc21. The highest BCUT2D eigenvalue weighted by Gasteiger charge is 2.50. The van der Waals surface area contributed by atoms with Crippen LogP contribution in [0.4, 0.5) is 5.69 Å². The van der Waals surface area contributed by atoms with E-state index in [2.05, 4.69) is 10.4 Å². The van der Waals surface area contributed by atoms with Gasteiger partial charge in [-0.1, -0.05) is 48.5 Å². The van der Waals surface area contributed by atoms with Crippen molar-refractivity contribution in [2.45, 2.75) is 24.8 Å². The Morgan fingerprint density at radius 1 is 1.07 bits per heavy atom. The van der Waals surface area contributed by atoms with Gasteiger partial charge in [-0.2, -0.15) is 5.10 Å². The fourth-order valence-electron chi connectivity index (χ4n) is 4.14. The maximum Gasteiger partial charge on any atom is 0.238 e. The zero-order valence-corrected chi connectivity index (χ0v) is 16.4. The Morgan fingerprint density at radius 3 is 2.59 bits per heavy atom. The molecule has 148 valence electrons. The first-order valence-electron chi connectivity index (χ1n) is 9.76. The van der Waals surface area contributed by atoms with Crippen LogP contribution < -0.4 is 10.2 Å². The van der Waals surface area contributed by atoms with Gasteiger partial charge in [0.15, 0.2) is 0 Å². The second kappa shape index (κ2) is 7.91. The molecule has 0 bridgehead atoms. The van der Waals surface area contributed by atoms with E-state index in [1.54, 1.807) is 22.8 Å². The zero-order chi connectivity index (χ0) is 20.3. The van der Waals surface area contributed by atoms with Gasteiger partial charge in [0.1, 0.15) is 0 Å². The number of hydrogen-bond donors (Lipinski definition) is 1. The number of rotatable bonds is 7. The first-order chi connectivity index (χ1) is 14.1. The summed E-state index contributed by atoms with van der Waals surface area (Å²) in [7, 11) is 1.78. The number of benzene rings is 2. The van der Waals surface area contributed by atoms with Crippen LogP contribution in [-0.2, 0) is 28.0 Å². The molecule has 0 saturated carbocycles. The van der Waals surface area contributed by atoms with Crippen LogP contribution >= 0.6 is 0 Å². The number of carbonyl (C=O) groups excluding carboxylic acids is 2. The van der Waals surface area contributed by atoms with E-state index in [9.17, 15) is 9.59 Å². The number of carbonyl (C=O) groups is 2. The Hall–Kier alpha value is -3.41. The molecule has 2 heterocycles. The molecule has 6 nitrogen and oxygen atoms in total. The molecule has 0 fully saturated rings. The van der Waals surface area contributed by atoms with Crippen molar-refractivity contribution in [2.75, 3.05) is 18.5 Å². The molecule has 3 aromatic rings. The molecule has 1 aliphatic heterocycles. The number of hydrogen-bond acceptors (Lipinski definition) is 3. The Morgan fingerprint density at radius 2 is 1.83 bits per heavy atom. The van der Waals surface area contributed by atoms with Gasteiger partial charge in [-0.05, 0) is 29.7 Å². The Bertz CT molecular complexity index is 1000. The molecule has 1 atom stereocenters. The van der Waals surface area contributed by atoms with Crippen molar-refractivity contribution in [1.29, 1.82) is 0 Å². The normalized spacial score (nSPS) is 18.0. The minimum absolute atomic E-state index is 0.0372. The molecule has 1 N–H and O–H groups in total. The first-order valence-corrected chi connectivity index (χ1v) is 9.76. The molecule has 29 heavy (non-hydrogen) atoms. The lowest BCUT2D eigenvalue weighted by Crippen LogP contribution is -2.44. The molecule has 2 aromatic carbocycles. The lowest BCUT2D eigenvalue weighted by atomic mass is 9.73. The summed E-state index contributed by atoms with van der Waals surface area (Å²) < 4.78 is 1.77. The maximum atomic E-state index is 13.4. The molecule has 0 spiro atoms. The van der Waals surface area contributed by atoms with Crippen LogP contribution in [0, 0.1) is 0 Å². The predicted octanol–water partition coefficient (Wildman–Crippen LogP) is 2.55. The van der Waals surface area contributed by atoms with Gasteiger partial charge in [0, 0.05) is 38.1 Å². The van der Waals surface area contributed by atoms with Crippen LogP contribution in [-0.4, -0.2) is 35.2 Å². The highest BCUT2D eigenvalue weighted by atomic mass is 16.2. The lowest BCUT2D eigenvalue weighted by Gasteiger charge is -2.28. The predicted molar refractivity (Wildman–Crippen MR) is 112 cm³/mol. The van der Waals surface area contributed by atoms with Crippen LogP contribution in [0.1, 0.15) is 17.5 Å². The average molecular weight is 388 g/mol. The van der Waals surface area contributed by atoms with Crippen LogP contribution in [0.3, 0.4) is 0 Å². The van der Waals surface area contributed by atoms with E-state index in [-0.39, 0.29) is 18.2 Å². The number of aromatic nitrogens is 2. The third-order valence-corrected chi connectivity index (χ3v) is 5.53. The molecular weight excluding hydrogens is 364 g/mol. The summed E-state index contributed by atoms with van der Waals surface area (Å²) in [6.07, 6.45) is 4.16. The molecule has 1 aliphatic rings. The number of likely N-dealkylation sites (N-methyl/N-ethyl adjacent to an activating group) is 1. The summed E-state index contributed by atoms with van der Waals surface area (Å²) in [6.45, 7) is 1.06. The highest BCUT2D eigenvalue weighted by Crippen LogP contribution is 2.45. The van der Waals surface area contributed by atoms with E-state index in [0.29, 0.717) is 19.5 Å². The van der Waals surface area contributed by atoms with E-state index < -0.39 is 5.41 Å². The second-order valence-electron chi connectivity index (χ2n) is 7.42. The van der Waals surface area contributed by atoms with Gasteiger partial charge >= 0.3 is 0 Å². The number of amides is 2. The molecule has 0 unspecified atom stereocenters. The van der Waals surface area contributed by atoms with E-state index >= 15 is 0 Å². The highest BCUT2D eigenvalue weighted by molar-refractivity contribution is 6.09. The summed E-state index contributed by atoms with van der Waals surface area (Å²) in [4.78, 5) is 28.0. The van der Waals surface area contributed by atoms with Crippen LogP contribution in [0.25, 0.3) is 0 Å². The van der Waals surface area contributed by atoms with Crippen LogP contribution in [0.2, 0.25) is 0 Å². The molecule has 4 rings (SSSR count). The Kier molecular flexibility index (Phi) is 5.16. The van der Waals surface area contributed by atoms with E-state index in [0.717, 1.165) is 16.8 Å². The maximum absolute atomic E-state index is 13.4. The van der Waals surface area contributed by atoms with Crippen molar-refractivity contribution in [3.8, 4) is 0 Å². The molecule has 6 heteroatoms. The van der Waals surface area contributed by atoms with Crippen molar-refractivity contribution in [1.82, 2.24) is 15.1 Å². The van der Waals surface area contributed by atoms with Crippen LogP contribution in [0.15, 0.2) is 73.1 Å². The minimum Gasteiger partial charge on any atom is -0.354 e. The Balaban J connectivity index is 1.59. The molecule has 2 amide bonds. The number of nitrogens with zero attached hydrogens (tertiary/aromatic N) is 3. The summed E-state index contributed by atoms with van der Waals surface area (Å²) >= 11 is 0. The first kappa shape index (κ1) is 18.9. The standard InChI is InChI=1S/C23H24N4O2/c1-26-20-11-6-5-10-19(20)23(22(26)29,16-18-8-3-2-4-9-18)17-21(28)24-13-15-27-14-7-12-25-27/h2-12,14H,13,15-17H2,1H3,(H,24,28)/t23-/m0/s1. The Labute approximate surface area is 170 Å². The van der Waals surface area contributed by atoms with Crippen molar-refractivity contribution in [3.63, 3.8) is 0 Å². The third kappa shape index (κ3) is 3.66. The largest absolute Gasteiger partial charge is 0.354 e. The van der Waals surface area contributed by atoms with Gasteiger partial charge in [0.25, 0.3) is 0 Å².